The lowest BCUT2D eigenvalue weighted by Crippen LogP contribution is -2.20. The standard InChI is InChI=1S/C15H14N2S2/c1-9-7-11(8-13-12(9)3-6-18-13)14-10(2)19-15-16-4-5-17(14)15/h3,6-8H,4-5H2,1-2H3. The number of hydrogen-bond donors (Lipinski definition) is 0. The molecule has 2 aromatic rings. The van der Waals surface area contributed by atoms with Crippen LogP contribution < -0.4 is 0 Å². The van der Waals surface area contributed by atoms with E-state index in [1.54, 1.807) is 0 Å². The fourth-order valence-electron chi connectivity index (χ4n) is 2.85. The van der Waals surface area contributed by atoms with Gasteiger partial charge >= 0.3 is 0 Å². The van der Waals surface area contributed by atoms with Crippen molar-refractivity contribution in [1.29, 1.82) is 0 Å². The Morgan fingerprint density at radius 3 is 3.05 bits per heavy atom. The number of benzene rings is 1. The minimum atomic E-state index is 0.930. The van der Waals surface area contributed by atoms with E-state index in [-0.39, 0.29) is 0 Å². The summed E-state index contributed by atoms with van der Waals surface area (Å²) in [5.41, 5.74) is 4.06. The zero-order valence-electron chi connectivity index (χ0n) is 10.9. The van der Waals surface area contributed by atoms with E-state index in [0.717, 1.165) is 13.1 Å². The van der Waals surface area contributed by atoms with E-state index in [0.29, 0.717) is 0 Å². The lowest BCUT2D eigenvalue weighted by Gasteiger charge is -2.17. The second-order valence-corrected chi connectivity index (χ2v) is 7.08. The van der Waals surface area contributed by atoms with E-state index in [9.17, 15) is 0 Å². The second kappa shape index (κ2) is 4.12. The van der Waals surface area contributed by atoms with Crippen LogP contribution in [-0.4, -0.2) is 23.2 Å². The van der Waals surface area contributed by atoms with Gasteiger partial charge in [-0.15, -0.1) is 11.3 Å². The van der Waals surface area contributed by atoms with E-state index < -0.39 is 0 Å². The van der Waals surface area contributed by atoms with Crippen LogP contribution in [0.1, 0.15) is 18.1 Å². The predicted molar refractivity (Wildman–Crippen MR) is 85.8 cm³/mol. The lowest BCUT2D eigenvalue weighted by atomic mass is 10.0. The number of rotatable bonds is 1. The van der Waals surface area contributed by atoms with Gasteiger partial charge in [0.05, 0.1) is 12.2 Å². The van der Waals surface area contributed by atoms with Crippen molar-refractivity contribution < 1.29 is 0 Å². The summed E-state index contributed by atoms with van der Waals surface area (Å²) >= 11 is 3.63. The average Bonchev–Trinajstić information content (AvgIpc) is 3.02. The van der Waals surface area contributed by atoms with Crippen LogP contribution >= 0.6 is 23.1 Å². The zero-order chi connectivity index (χ0) is 13.0. The summed E-state index contributed by atoms with van der Waals surface area (Å²) in [6.07, 6.45) is 0. The van der Waals surface area contributed by atoms with E-state index in [1.165, 1.54) is 37.0 Å². The molecular weight excluding hydrogens is 272 g/mol. The molecule has 2 aliphatic rings. The van der Waals surface area contributed by atoms with Crippen LogP contribution in [-0.2, 0) is 0 Å². The molecule has 4 rings (SSSR count). The molecule has 1 aromatic heterocycles. The van der Waals surface area contributed by atoms with Crippen LogP contribution in [0.4, 0.5) is 0 Å². The topological polar surface area (TPSA) is 15.6 Å². The number of fused-ring (bicyclic) bond motifs is 2. The largest absolute Gasteiger partial charge is 0.318 e. The molecule has 0 unspecified atom stereocenters. The molecule has 0 saturated heterocycles. The fourth-order valence-corrected chi connectivity index (χ4v) is 4.79. The molecule has 0 N–H and O–H groups in total. The third kappa shape index (κ3) is 1.66. The van der Waals surface area contributed by atoms with Crippen molar-refractivity contribution in [3.63, 3.8) is 0 Å². The predicted octanol–water partition coefficient (Wildman–Crippen LogP) is 4.32. The normalized spacial score (nSPS) is 18.4. The first kappa shape index (κ1) is 11.6. The quantitative estimate of drug-likeness (QED) is 0.776. The Kier molecular flexibility index (Phi) is 2.50. The molecule has 3 heterocycles. The molecule has 0 bridgehead atoms. The molecule has 0 atom stereocenters. The van der Waals surface area contributed by atoms with E-state index in [2.05, 4.69) is 47.3 Å². The van der Waals surface area contributed by atoms with Crippen molar-refractivity contribution >= 4 is 44.0 Å². The summed E-state index contributed by atoms with van der Waals surface area (Å²) in [6.45, 7) is 6.36. The highest BCUT2D eigenvalue weighted by molar-refractivity contribution is 8.17. The molecular formula is C15H14N2S2. The number of thioether (sulfide) groups is 1. The Labute approximate surface area is 120 Å². The van der Waals surface area contributed by atoms with Gasteiger partial charge in [0.2, 0.25) is 0 Å². The molecule has 19 heavy (non-hydrogen) atoms. The first-order chi connectivity index (χ1) is 9.24. The van der Waals surface area contributed by atoms with Gasteiger partial charge in [0.25, 0.3) is 0 Å². The summed E-state index contributed by atoms with van der Waals surface area (Å²) in [5, 5.41) is 4.74. The number of hydrogen-bond acceptors (Lipinski definition) is 4. The summed E-state index contributed by atoms with van der Waals surface area (Å²) in [7, 11) is 0. The highest BCUT2D eigenvalue weighted by atomic mass is 32.2. The number of amidine groups is 1. The summed E-state index contributed by atoms with van der Waals surface area (Å²) in [6, 6.07) is 6.86. The zero-order valence-corrected chi connectivity index (χ0v) is 12.6. The molecule has 0 aliphatic carbocycles. The Balaban J connectivity index is 1.90. The van der Waals surface area contributed by atoms with Crippen molar-refractivity contribution in [2.24, 2.45) is 4.99 Å². The molecule has 4 heteroatoms. The Morgan fingerprint density at radius 2 is 2.16 bits per heavy atom. The van der Waals surface area contributed by atoms with Crippen molar-refractivity contribution in [2.75, 3.05) is 13.1 Å². The van der Waals surface area contributed by atoms with Crippen molar-refractivity contribution in [2.45, 2.75) is 13.8 Å². The third-order valence-corrected chi connectivity index (χ3v) is 5.60. The third-order valence-electron chi connectivity index (χ3n) is 3.70. The molecule has 0 saturated carbocycles. The van der Waals surface area contributed by atoms with E-state index in [4.69, 9.17) is 0 Å². The molecule has 2 nitrogen and oxygen atoms in total. The van der Waals surface area contributed by atoms with Crippen LogP contribution in [0.3, 0.4) is 0 Å². The van der Waals surface area contributed by atoms with Gasteiger partial charge in [-0.05, 0) is 48.4 Å². The van der Waals surface area contributed by atoms with Gasteiger partial charge in [-0.25, -0.2) is 0 Å². The molecule has 0 spiro atoms. The Bertz CT molecular complexity index is 740. The van der Waals surface area contributed by atoms with Crippen molar-refractivity contribution in [3.8, 4) is 0 Å². The van der Waals surface area contributed by atoms with Gasteiger partial charge in [0.15, 0.2) is 5.17 Å². The smallest absolute Gasteiger partial charge is 0.168 e. The number of thiophene rings is 1. The van der Waals surface area contributed by atoms with Gasteiger partial charge in [0, 0.05) is 21.7 Å². The van der Waals surface area contributed by atoms with Gasteiger partial charge in [0.1, 0.15) is 0 Å². The first-order valence-corrected chi connectivity index (χ1v) is 8.12. The van der Waals surface area contributed by atoms with Crippen LogP contribution in [0.2, 0.25) is 0 Å². The minimum Gasteiger partial charge on any atom is -0.318 e. The molecule has 0 radical (unpaired) electrons. The molecule has 1 aromatic carbocycles. The fraction of sp³-hybridized carbons (Fsp3) is 0.267. The number of aryl methyl sites for hydroxylation is 1. The maximum absolute atomic E-state index is 4.57. The van der Waals surface area contributed by atoms with Crippen molar-refractivity contribution in [3.05, 3.63) is 39.6 Å². The van der Waals surface area contributed by atoms with Crippen LogP contribution in [0.25, 0.3) is 15.8 Å². The van der Waals surface area contributed by atoms with E-state index >= 15 is 0 Å². The molecule has 2 aliphatic heterocycles. The number of nitrogens with zero attached hydrogens (tertiary/aromatic N) is 2. The van der Waals surface area contributed by atoms with Crippen LogP contribution in [0.5, 0.6) is 0 Å². The monoisotopic (exact) mass is 286 g/mol. The van der Waals surface area contributed by atoms with Gasteiger partial charge in [-0.3, -0.25) is 4.99 Å². The second-order valence-electron chi connectivity index (χ2n) is 4.95. The molecule has 96 valence electrons. The first-order valence-electron chi connectivity index (χ1n) is 6.43. The summed E-state index contributed by atoms with van der Waals surface area (Å²) < 4.78 is 1.38. The molecule has 0 fully saturated rings. The number of allylic oxidation sites excluding steroid dienone is 1. The van der Waals surface area contributed by atoms with Crippen molar-refractivity contribution in [1.82, 2.24) is 4.90 Å². The van der Waals surface area contributed by atoms with Gasteiger partial charge < -0.3 is 4.90 Å². The maximum atomic E-state index is 4.57. The summed E-state index contributed by atoms with van der Waals surface area (Å²) in [5.74, 6) is 0. The lowest BCUT2D eigenvalue weighted by molar-refractivity contribution is 0.648. The van der Waals surface area contributed by atoms with Gasteiger partial charge in [-0.2, -0.15) is 0 Å². The number of aliphatic imine (C=N–C) groups is 1. The van der Waals surface area contributed by atoms with Gasteiger partial charge in [-0.1, -0.05) is 11.8 Å². The summed E-state index contributed by atoms with van der Waals surface area (Å²) in [4.78, 5) is 8.30. The maximum Gasteiger partial charge on any atom is 0.168 e. The molecule has 0 amide bonds. The van der Waals surface area contributed by atoms with E-state index in [1.807, 2.05) is 23.1 Å². The average molecular weight is 286 g/mol. The van der Waals surface area contributed by atoms with Crippen LogP contribution in [0.15, 0.2) is 33.5 Å². The Hall–Kier alpha value is -1.26. The minimum absolute atomic E-state index is 0.930. The highest BCUT2D eigenvalue weighted by Crippen LogP contribution is 2.42. The highest BCUT2D eigenvalue weighted by Gasteiger charge is 2.31. The Morgan fingerprint density at radius 1 is 1.26 bits per heavy atom. The SMILES string of the molecule is CC1=C(c2cc(C)c3ccsc3c2)N2CCN=C2S1. The van der Waals surface area contributed by atoms with Crippen LogP contribution in [0, 0.1) is 6.92 Å².